The first-order valence-electron chi connectivity index (χ1n) is 8.02. The zero-order chi connectivity index (χ0) is 18.4. The molecule has 0 spiro atoms. The van der Waals surface area contributed by atoms with Gasteiger partial charge < -0.3 is 14.8 Å². The molecule has 25 heavy (non-hydrogen) atoms. The van der Waals surface area contributed by atoms with Gasteiger partial charge in [-0.15, -0.1) is 0 Å². The van der Waals surface area contributed by atoms with Crippen LogP contribution in [-0.2, 0) is 11.3 Å². The summed E-state index contributed by atoms with van der Waals surface area (Å²) in [6.45, 7) is 4.44. The average molecular weight is 345 g/mol. The Balaban J connectivity index is 2.26. The maximum absolute atomic E-state index is 12.0. The average Bonchev–Trinajstić information content (AvgIpc) is 2.61. The number of carbonyl (C=O) groups excluding carboxylic acids is 1. The van der Waals surface area contributed by atoms with Crippen molar-refractivity contribution in [1.29, 1.82) is 0 Å². The third-order valence-corrected chi connectivity index (χ3v) is 3.55. The van der Waals surface area contributed by atoms with Gasteiger partial charge >= 0.3 is 0 Å². The van der Waals surface area contributed by atoms with Gasteiger partial charge in [-0.3, -0.25) is 9.59 Å². The summed E-state index contributed by atoms with van der Waals surface area (Å²) in [6.07, 6.45) is 0. The summed E-state index contributed by atoms with van der Waals surface area (Å²) < 4.78 is 11.7. The predicted molar refractivity (Wildman–Crippen MR) is 94.9 cm³/mol. The molecule has 2 aromatic rings. The van der Waals surface area contributed by atoms with E-state index in [4.69, 9.17) is 9.47 Å². The van der Waals surface area contributed by atoms with E-state index in [-0.39, 0.29) is 18.0 Å². The lowest BCUT2D eigenvalue weighted by atomic mass is 10.1. The second-order valence-corrected chi connectivity index (χ2v) is 5.98. The molecule has 0 atom stereocenters. The van der Waals surface area contributed by atoms with E-state index in [1.165, 1.54) is 6.07 Å². The van der Waals surface area contributed by atoms with Crippen LogP contribution in [0, 0.1) is 5.92 Å². The summed E-state index contributed by atoms with van der Waals surface area (Å²) in [5.41, 5.74) is 0.995. The van der Waals surface area contributed by atoms with E-state index in [2.05, 4.69) is 10.4 Å². The molecule has 0 aliphatic carbocycles. The van der Waals surface area contributed by atoms with Gasteiger partial charge in [-0.05, 0) is 30.2 Å². The van der Waals surface area contributed by atoms with Crippen LogP contribution in [0.1, 0.15) is 13.8 Å². The Morgan fingerprint density at radius 3 is 2.52 bits per heavy atom. The van der Waals surface area contributed by atoms with Gasteiger partial charge in [0.15, 0.2) is 11.5 Å². The first-order chi connectivity index (χ1) is 11.9. The van der Waals surface area contributed by atoms with Gasteiger partial charge in [-0.2, -0.15) is 5.10 Å². The fourth-order valence-corrected chi connectivity index (χ4v) is 2.22. The van der Waals surface area contributed by atoms with Crippen molar-refractivity contribution in [2.75, 3.05) is 20.8 Å². The van der Waals surface area contributed by atoms with E-state index in [0.29, 0.717) is 29.7 Å². The molecule has 0 aliphatic rings. The summed E-state index contributed by atoms with van der Waals surface area (Å²) in [5.74, 6) is 1.27. The molecular formula is C18H23N3O4. The number of benzene rings is 1. The number of carbonyl (C=O) groups is 1. The van der Waals surface area contributed by atoms with E-state index in [1.807, 2.05) is 19.9 Å². The van der Waals surface area contributed by atoms with E-state index in [9.17, 15) is 9.59 Å². The topological polar surface area (TPSA) is 82.5 Å². The smallest absolute Gasteiger partial charge is 0.267 e. The second-order valence-electron chi connectivity index (χ2n) is 5.98. The number of nitrogens with zero attached hydrogens (tertiary/aromatic N) is 2. The highest BCUT2D eigenvalue weighted by Gasteiger charge is 2.11. The standard InChI is InChI=1S/C18H23N3O4/c1-12(2)10-19-17(22)11-21-18(23)8-6-14(20-21)13-5-7-15(24-3)16(9-13)25-4/h5-9,12H,10-11H2,1-4H3,(H,19,22). The van der Waals surface area contributed by atoms with Gasteiger partial charge in [-0.1, -0.05) is 13.8 Å². The minimum Gasteiger partial charge on any atom is -0.493 e. The maximum Gasteiger partial charge on any atom is 0.267 e. The number of hydrogen-bond acceptors (Lipinski definition) is 5. The fourth-order valence-electron chi connectivity index (χ4n) is 2.22. The first-order valence-corrected chi connectivity index (χ1v) is 8.02. The maximum atomic E-state index is 12.0. The van der Waals surface area contributed by atoms with Crippen LogP contribution in [-0.4, -0.2) is 36.5 Å². The summed E-state index contributed by atoms with van der Waals surface area (Å²) in [7, 11) is 3.11. The van der Waals surface area contributed by atoms with Crippen LogP contribution in [0.5, 0.6) is 11.5 Å². The third kappa shape index (κ3) is 4.82. The number of nitrogens with one attached hydrogen (secondary N) is 1. The molecule has 1 amide bonds. The fraction of sp³-hybridized carbons (Fsp3) is 0.389. The van der Waals surface area contributed by atoms with Crippen molar-refractivity contribution >= 4 is 5.91 Å². The molecule has 134 valence electrons. The highest BCUT2D eigenvalue weighted by molar-refractivity contribution is 5.75. The van der Waals surface area contributed by atoms with Gasteiger partial charge in [0.1, 0.15) is 6.54 Å². The lowest BCUT2D eigenvalue weighted by Crippen LogP contribution is -2.35. The first kappa shape index (κ1) is 18.5. The van der Waals surface area contributed by atoms with Crippen LogP contribution in [0.2, 0.25) is 0 Å². The van der Waals surface area contributed by atoms with Crippen molar-refractivity contribution in [3.8, 4) is 22.8 Å². The normalized spacial score (nSPS) is 10.6. The van der Waals surface area contributed by atoms with Crippen LogP contribution in [0.25, 0.3) is 11.3 Å². The van der Waals surface area contributed by atoms with Gasteiger partial charge in [0, 0.05) is 18.2 Å². The summed E-state index contributed by atoms with van der Waals surface area (Å²) >= 11 is 0. The summed E-state index contributed by atoms with van der Waals surface area (Å²) in [4.78, 5) is 23.9. The molecule has 0 unspecified atom stereocenters. The lowest BCUT2D eigenvalue weighted by Gasteiger charge is -2.11. The highest BCUT2D eigenvalue weighted by atomic mass is 16.5. The van der Waals surface area contributed by atoms with Crippen molar-refractivity contribution in [1.82, 2.24) is 15.1 Å². The number of methoxy groups -OCH3 is 2. The molecule has 7 nitrogen and oxygen atoms in total. The second kappa shape index (κ2) is 8.32. The number of ether oxygens (including phenoxy) is 2. The van der Waals surface area contributed by atoms with Crippen molar-refractivity contribution in [3.05, 3.63) is 40.7 Å². The van der Waals surface area contributed by atoms with Crippen molar-refractivity contribution in [2.24, 2.45) is 5.92 Å². The van der Waals surface area contributed by atoms with Crippen LogP contribution >= 0.6 is 0 Å². The number of aromatic nitrogens is 2. The molecule has 0 bridgehead atoms. The Kier molecular flexibility index (Phi) is 6.16. The molecular weight excluding hydrogens is 322 g/mol. The largest absolute Gasteiger partial charge is 0.493 e. The Hall–Kier alpha value is -2.83. The summed E-state index contributed by atoms with van der Waals surface area (Å²) in [5, 5.41) is 7.06. The highest BCUT2D eigenvalue weighted by Crippen LogP contribution is 2.31. The van der Waals surface area contributed by atoms with Crippen LogP contribution in [0.15, 0.2) is 35.1 Å². The zero-order valence-electron chi connectivity index (χ0n) is 14.9. The Labute approximate surface area is 146 Å². The lowest BCUT2D eigenvalue weighted by molar-refractivity contribution is -0.122. The van der Waals surface area contributed by atoms with E-state index in [0.717, 1.165) is 10.2 Å². The molecule has 2 rings (SSSR count). The van der Waals surface area contributed by atoms with Crippen molar-refractivity contribution < 1.29 is 14.3 Å². The molecule has 0 saturated carbocycles. The van der Waals surface area contributed by atoms with E-state index >= 15 is 0 Å². The van der Waals surface area contributed by atoms with Gasteiger partial charge in [0.05, 0.1) is 19.9 Å². The van der Waals surface area contributed by atoms with Crippen LogP contribution in [0.4, 0.5) is 0 Å². The predicted octanol–water partition coefficient (Wildman–Crippen LogP) is 1.70. The number of hydrogen-bond donors (Lipinski definition) is 1. The Morgan fingerprint density at radius 2 is 1.88 bits per heavy atom. The molecule has 0 radical (unpaired) electrons. The van der Waals surface area contributed by atoms with E-state index < -0.39 is 0 Å². The molecule has 1 N–H and O–H groups in total. The molecule has 1 aromatic heterocycles. The van der Waals surface area contributed by atoms with Crippen LogP contribution < -0.4 is 20.3 Å². The van der Waals surface area contributed by atoms with Crippen molar-refractivity contribution in [3.63, 3.8) is 0 Å². The summed E-state index contributed by atoms with van der Waals surface area (Å²) in [6, 6.07) is 8.37. The van der Waals surface area contributed by atoms with Crippen LogP contribution in [0.3, 0.4) is 0 Å². The minimum atomic E-state index is -0.330. The Morgan fingerprint density at radius 1 is 1.16 bits per heavy atom. The van der Waals surface area contributed by atoms with E-state index in [1.54, 1.807) is 32.4 Å². The quantitative estimate of drug-likeness (QED) is 0.826. The van der Waals surface area contributed by atoms with Crippen molar-refractivity contribution in [2.45, 2.75) is 20.4 Å². The number of rotatable bonds is 7. The van der Waals surface area contributed by atoms with Gasteiger partial charge in [-0.25, -0.2) is 4.68 Å². The molecule has 1 heterocycles. The molecule has 7 heteroatoms. The molecule has 0 fully saturated rings. The zero-order valence-corrected chi connectivity index (χ0v) is 14.9. The van der Waals surface area contributed by atoms with Gasteiger partial charge in [0.25, 0.3) is 5.56 Å². The monoisotopic (exact) mass is 345 g/mol. The SMILES string of the molecule is COc1ccc(-c2ccc(=O)n(CC(=O)NCC(C)C)n2)cc1OC. The third-order valence-electron chi connectivity index (χ3n) is 3.55. The minimum absolute atomic E-state index is 0.118. The number of amides is 1. The Bertz CT molecular complexity index is 799. The molecule has 0 aliphatic heterocycles. The molecule has 1 aromatic carbocycles. The van der Waals surface area contributed by atoms with Gasteiger partial charge in [0.2, 0.25) is 5.91 Å². The molecule has 0 saturated heterocycles.